The lowest BCUT2D eigenvalue weighted by Gasteiger charge is -2.44. The normalized spacial score (nSPS) is 16.2. The minimum Gasteiger partial charge on any atom is -0.480 e. The number of aromatic amines is 1. The molecule has 5 rings (SSSR count). The van der Waals surface area contributed by atoms with Gasteiger partial charge in [-0.3, -0.25) is 0 Å². The molecule has 0 saturated heterocycles. The van der Waals surface area contributed by atoms with Crippen LogP contribution in [-0.4, -0.2) is 9.97 Å². The average molecular weight is 365 g/mol. The van der Waals surface area contributed by atoms with Crippen LogP contribution in [0.5, 0.6) is 5.75 Å². The number of imidazole rings is 1. The van der Waals surface area contributed by atoms with E-state index in [1.165, 1.54) is 6.07 Å². The fourth-order valence-corrected chi connectivity index (χ4v) is 4.00. The summed E-state index contributed by atoms with van der Waals surface area (Å²) < 4.78 is 20.7. The molecule has 0 radical (unpaired) electrons. The lowest BCUT2D eigenvalue weighted by atomic mass is 9.75. The molecule has 1 aliphatic carbocycles. The molecule has 1 N–H and O–H groups in total. The van der Waals surface area contributed by atoms with Gasteiger partial charge in [-0.1, -0.05) is 23.6 Å². The highest BCUT2D eigenvalue weighted by molar-refractivity contribution is 6.33. The zero-order chi connectivity index (χ0) is 17.9. The van der Waals surface area contributed by atoms with Crippen LogP contribution in [0.2, 0.25) is 5.02 Å². The third-order valence-electron chi connectivity index (χ3n) is 5.23. The number of ether oxygens (including phenoxy) is 1. The van der Waals surface area contributed by atoms with E-state index < -0.39 is 11.4 Å². The molecule has 2 aliphatic rings. The van der Waals surface area contributed by atoms with Crippen molar-refractivity contribution in [1.29, 1.82) is 0 Å². The number of hydrogen-bond donors (Lipinski definition) is 1. The molecule has 128 valence electrons. The van der Waals surface area contributed by atoms with Crippen LogP contribution in [0, 0.1) is 18.2 Å². The summed E-state index contributed by atoms with van der Waals surface area (Å²) >= 11 is 6.23. The van der Waals surface area contributed by atoms with E-state index in [4.69, 9.17) is 27.7 Å². The molecule has 3 nitrogen and oxygen atoms in total. The van der Waals surface area contributed by atoms with Gasteiger partial charge in [0.05, 0.1) is 22.0 Å². The topological polar surface area (TPSA) is 37.9 Å². The van der Waals surface area contributed by atoms with Crippen molar-refractivity contribution in [3.05, 3.63) is 58.5 Å². The molecular weight excluding hydrogens is 351 g/mol. The zero-order valence-corrected chi connectivity index (χ0v) is 14.5. The summed E-state index contributed by atoms with van der Waals surface area (Å²) in [4.78, 5) is 8.00. The monoisotopic (exact) mass is 364 g/mol. The van der Waals surface area contributed by atoms with Crippen molar-refractivity contribution in [2.75, 3.05) is 0 Å². The molecule has 2 aromatic carbocycles. The molecule has 2 heterocycles. The SMILES string of the molecule is C#Cc1ccc2c(c1)OC1(CCC1)c1[nH]c(-c3c(F)cccc3Cl)nc1-2. The van der Waals surface area contributed by atoms with Crippen molar-refractivity contribution in [3.63, 3.8) is 0 Å². The number of nitrogens with zero attached hydrogens (tertiary/aromatic N) is 1. The van der Waals surface area contributed by atoms with Crippen LogP contribution >= 0.6 is 11.6 Å². The number of terminal acetylenes is 1. The third kappa shape index (κ3) is 2.04. The van der Waals surface area contributed by atoms with Gasteiger partial charge in [-0.05, 0) is 49.6 Å². The molecule has 1 saturated carbocycles. The van der Waals surface area contributed by atoms with Gasteiger partial charge in [0.2, 0.25) is 0 Å². The molecule has 3 aromatic rings. The second-order valence-electron chi connectivity index (χ2n) is 6.71. The molecule has 1 fully saturated rings. The van der Waals surface area contributed by atoms with Crippen LogP contribution in [0.25, 0.3) is 22.6 Å². The lowest BCUT2D eigenvalue weighted by Crippen LogP contribution is -2.42. The van der Waals surface area contributed by atoms with Crippen LogP contribution in [0.3, 0.4) is 0 Å². The molecule has 0 unspecified atom stereocenters. The highest BCUT2D eigenvalue weighted by Gasteiger charge is 2.48. The number of halogens is 2. The van der Waals surface area contributed by atoms with Gasteiger partial charge in [0.25, 0.3) is 0 Å². The van der Waals surface area contributed by atoms with E-state index in [1.54, 1.807) is 12.1 Å². The molecule has 26 heavy (non-hydrogen) atoms. The van der Waals surface area contributed by atoms with E-state index in [1.807, 2.05) is 18.2 Å². The van der Waals surface area contributed by atoms with Crippen molar-refractivity contribution < 1.29 is 9.13 Å². The van der Waals surface area contributed by atoms with Crippen molar-refractivity contribution in [2.24, 2.45) is 0 Å². The summed E-state index contributed by atoms with van der Waals surface area (Å²) in [5.41, 5.74) is 3.11. The summed E-state index contributed by atoms with van der Waals surface area (Å²) in [5, 5.41) is 0.322. The zero-order valence-electron chi connectivity index (χ0n) is 13.8. The smallest absolute Gasteiger partial charge is 0.151 e. The molecule has 1 aliphatic heterocycles. The van der Waals surface area contributed by atoms with Crippen LogP contribution in [0.1, 0.15) is 30.5 Å². The maximum absolute atomic E-state index is 14.4. The summed E-state index contributed by atoms with van der Waals surface area (Å²) in [6, 6.07) is 10.2. The van der Waals surface area contributed by atoms with E-state index in [9.17, 15) is 4.39 Å². The Labute approximate surface area is 155 Å². The van der Waals surface area contributed by atoms with Gasteiger partial charge < -0.3 is 9.72 Å². The van der Waals surface area contributed by atoms with Gasteiger partial charge in [-0.15, -0.1) is 6.42 Å². The van der Waals surface area contributed by atoms with Crippen molar-refractivity contribution >= 4 is 11.6 Å². The Morgan fingerprint density at radius 2 is 2.12 bits per heavy atom. The Morgan fingerprint density at radius 1 is 1.27 bits per heavy atom. The summed E-state index contributed by atoms with van der Waals surface area (Å²) in [5.74, 6) is 3.37. The van der Waals surface area contributed by atoms with Crippen molar-refractivity contribution in [2.45, 2.75) is 24.9 Å². The Balaban J connectivity index is 1.75. The summed E-state index contributed by atoms with van der Waals surface area (Å²) in [7, 11) is 0. The first-order chi connectivity index (χ1) is 12.6. The second-order valence-corrected chi connectivity index (χ2v) is 7.12. The molecule has 0 atom stereocenters. The first-order valence-corrected chi connectivity index (χ1v) is 8.84. The maximum Gasteiger partial charge on any atom is 0.151 e. The number of H-pyrrole nitrogens is 1. The number of nitrogens with one attached hydrogen (secondary N) is 1. The quantitative estimate of drug-likeness (QED) is 0.596. The number of fused-ring (bicyclic) bond motifs is 4. The number of aromatic nitrogens is 2. The molecule has 5 heteroatoms. The van der Waals surface area contributed by atoms with Gasteiger partial charge in [-0.25, -0.2) is 9.37 Å². The van der Waals surface area contributed by atoms with E-state index in [0.717, 1.165) is 47.5 Å². The summed E-state index contributed by atoms with van der Waals surface area (Å²) in [6.45, 7) is 0. The Morgan fingerprint density at radius 3 is 2.81 bits per heavy atom. The molecule has 0 bridgehead atoms. The minimum atomic E-state index is -0.446. The Kier molecular flexibility index (Phi) is 3.19. The van der Waals surface area contributed by atoms with Gasteiger partial charge in [-0.2, -0.15) is 0 Å². The predicted molar refractivity (Wildman–Crippen MR) is 98.5 cm³/mol. The number of rotatable bonds is 1. The van der Waals surface area contributed by atoms with Crippen LogP contribution in [0.4, 0.5) is 4.39 Å². The van der Waals surface area contributed by atoms with Gasteiger partial charge in [0, 0.05) is 11.1 Å². The average Bonchev–Trinajstić information content (AvgIpc) is 3.04. The minimum absolute atomic E-state index is 0.278. The van der Waals surface area contributed by atoms with Gasteiger partial charge >= 0.3 is 0 Å². The lowest BCUT2D eigenvalue weighted by molar-refractivity contribution is -0.0180. The van der Waals surface area contributed by atoms with E-state index >= 15 is 0 Å². The highest BCUT2D eigenvalue weighted by atomic mass is 35.5. The van der Waals surface area contributed by atoms with Crippen molar-refractivity contribution in [3.8, 4) is 40.7 Å². The van der Waals surface area contributed by atoms with Crippen molar-refractivity contribution in [1.82, 2.24) is 9.97 Å². The third-order valence-corrected chi connectivity index (χ3v) is 5.54. The van der Waals surface area contributed by atoms with E-state index in [0.29, 0.717) is 10.8 Å². The molecule has 0 amide bonds. The molecule has 1 spiro atoms. The largest absolute Gasteiger partial charge is 0.480 e. The number of benzene rings is 2. The van der Waals surface area contributed by atoms with Gasteiger partial charge in [0.15, 0.2) is 5.60 Å². The predicted octanol–water partition coefficient (Wildman–Crippen LogP) is 5.29. The summed E-state index contributed by atoms with van der Waals surface area (Å²) in [6.07, 6.45) is 8.35. The van der Waals surface area contributed by atoms with Gasteiger partial charge in [0.1, 0.15) is 17.4 Å². The number of hydrogen-bond acceptors (Lipinski definition) is 2. The molecule has 1 aromatic heterocycles. The first-order valence-electron chi connectivity index (χ1n) is 8.46. The van der Waals surface area contributed by atoms with Crippen LogP contribution < -0.4 is 4.74 Å². The highest BCUT2D eigenvalue weighted by Crippen LogP contribution is 2.53. The van der Waals surface area contributed by atoms with Crippen LogP contribution in [-0.2, 0) is 5.60 Å². The Bertz CT molecular complexity index is 1070. The van der Waals surface area contributed by atoms with E-state index in [-0.39, 0.29) is 5.56 Å². The van der Waals surface area contributed by atoms with E-state index in [2.05, 4.69) is 10.9 Å². The second kappa shape index (κ2) is 5.36. The fourth-order valence-electron chi connectivity index (χ4n) is 3.74. The fraction of sp³-hybridized carbons (Fsp3) is 0.190. The van der Waals surface area contributed by atoms with Crippen LogP contribution in [0.15, 0.2) is 36.4 Å². The maximum atomic E-state index is 14.4. The standard InChI is InChI=1S/C21H14ClFN2O/c1-2-12-7-8-13-16(11-12)26-21(9-4-10-21)19-18(13)24-20(25-19)17-14(22)5-3-6-15(17)23/h1,3,5-8,11H,4,9-10H2,(H,24,25). The molecular formula is C21H14ClFN2O. The first kappa shape index (κ1) is 15.5. The Hall–Kier alpha value is -2.77.